The third kappa shape index (κ3) is 4.47. The molecule has 0 bridgehead atoms. The zero-order valence-electron chi connectivity index (χ0n) is 19.6. The molecule has 0 aliphatic carbocycles. The van der Waals surface area contributed by atoms with Crippen molar-refractivity contribution in [3.8, 4) is 29.5 Å². The monoisotopic (exact) mass is 484 g/mol. The second kappa shape index (κ2) is 9.47. The number of carbonyl (C=O) groups excluding carboxylic acids is 1. The fourth-order valence-corrected chi connectivity index (χ4v) is 4.17. The first kappa shape index (κ1) is 24.4. The van der Waals surface area contributed by atoms with E-state index >= 15 is 0 Å². The van der Waals surface area contributed by atoms with E-state index in [1.807, 2.05) is 0 Å². The number of aliphatic imine (C=N–C) groups is 1. The van der Waals surface area contributed by atoms with Crippen molar-refractivity contribution in [1.29, 1.82) is 5.26 Å². The summed E-state index contributed by atoms with van der Waals surface area (Å²) in [6, 6.07) is 14.7. The van der Waals surface area contributed by atoms with Crippen LogP contribution in [0, 0.1) is 23.7 Å². The van der Waals surface area contributed by atoms with Crippen LogP contribution in [0.1, 0.15) is 39.5 Å². The summed E-state index contributed by atoms with van der Waals surface area (Å²) in [5.41, 5.74) is 8.53. The van der Waals surface area contributed by atoms with Crippen molar-refractivity contribution in [2.45, 2.75) is 19.4 Å². The number of anilines is 2. The molecular weight excluding hydrogens is 462 g/mol. The second-order valence-corrected chi connectivity index (χ2v) is 8.25. The summed E-state index contributed by atoms with van der Waals surface area (Å²) >= 11 is 0. The Morgan fingerprint density at radius 3 is 2.72 bits per heavy atom. The predicted octanol–water partition coefficient (Wildman–Crippen LogP) is 4.27. The summed E-state index contributed by atoms with van der Waals surface area (Å²) in [4.78, 5) is 23.2. The number of hydrogen-bond acceptors (Lipinski definition) is 5. The van der Waals surface area contributed by atoms with Gasteiger partial charge in [0.15, 0.2) is 0 Å². The zero-order valence-corrected chi connectivity index (χ0v) is 19.6. The number of nitrogens with zero attached hydrogens (tertiary/aromatic N) is 4. The lowest BCUT2D eigenvalue weighted by Gasteiger charge is -2.19. The Hall–Kier alpha value is -4.76. The van der Waals surface area contributed by atoms with Gasteiger partial charge in [0.1, 0.15) is 17.5 Å². The molecule has 0 atom stereocenters. The van der Waals surface area contributed by atoms with E-state index in [0.29, 0.717) is 28.1 Å². The largest absolute Gasteiger partial charge is 0.383 e. The molecule has 0 spiro atoms. The highest BCUT2D eigenvalue weighted by atomic mass is 19.3. The number of hydrogen-bond donors (Lipinski definition) is 2. The quantitative estimate of drug-likeness (QED) is 0.309. The summed E-state index contributed by atoms with van der Waals surface area (Å²) in [5, 5.41) is 12.4. The molecule has 4 rings (SSSR count). The van der Waals surface area contributed by atoms with E-state index in [2.05, 4.69) is 27.3 Å². The first-order chi connectivity index (χ1) is 17.2. The number of rotatable bonds is 6. The number of terminal acetylenes is 1. The van der Waals surface area contributed by atoms with Crippen LogP contribution >= 0.6 is 0 Å². The van der Waals surface area contributed by atoms with Gasteiger partial charge >= 0.3 is 0 Å². The van der Waals surface area contributed by atoms with Crippen molar-refractivity contribution >= 4 is 23.4 Å². The Labute approximate surface area is 207 Å². The van der Waals surface area contributed by atoms with Crippen molar-refractivity contribution in [1.82, 2.24) is 4.98 Å². The average molecular weight is 485 g/mol. The molecule has 0 saturated carbocycles. The summed E-state index contributed by atoms with van der Waals surface area (Å²) < 4.78 is 28.5. The van der Waals surface area contributed by atoms with E-state index in [1.54, 1.807) is 37.4 Å². The van der Waals surface area contributed by atoms with Crippen molar-refractivity contribution in [3.05, 3.63) is 76.3 Å². The number of halogens is 2. The maximum atomic E-state index is 14.3. The molecule has 3 N–H and O–H groups in total. The van der Waals surface area contributed by atoms with Crippen LogP contribution < -0.4 is 16.0 Å². The van der Waals surface area contributed by atoms with Crippen LogP contribution in [0.4, 0.5) is 20.4 Å². The Balaban J connectivity index is 1.88. The minimum Gasteiger partial charge on any atom is -0.383 e. The minimum atomic E-state index is -3.11. The van der Waals surface area contributed by atoms with Gasteiger partial charge < -0.3 is 11.1 Å². The number of aromatic nitrogens is 1. The molecule has 0 radical (unpaired) electrons. The first-order valence-corrected chi connectivity index (χ1v) is 11.0. The topological polar surface area (TPSA) is 107 Å². The standard InChI is InChI=1S/C27H22F2N6O/c1-4-10-33-23-12-17(20-11-16(14-30)8-9-18(20)25(31)32-3)13-24(34-23)35-15-21-19(26(35)36)6-5-7-22(21)27(2,28)29/h1,5-9,11-13H,10,15H2,2-3H3,(H2,31,32)(H,33,34). The molecule has 2 aromatic carbocycles. The van der Waals surface area contributed by atoms with Crippen LogP contribution in [0.3, 0.4) is 0 Å². The van der Waals surface area contributed by atoms with Gasteiger partial charge in [-0.1, -0.05) is 18.1 Å². The molecule has 2 heterocycles. The number of benzene rings is 2. The predicted molar refractivity (Wildman–Crippen MR) is 135 cm³/mol. The summed E-state index contributed by atoms with van der Waals surface area (Å²) in [6.45, 7) is 0.905. The molecule has 7 nitrogen and oxygen atoms in total. The maximum Gasteiger partial charge on any atom is 0.270 e. The molecule has 9 heteroatoms. The lowest BCUT2D eigenvalue weighted by molar-refractivity contribution is 0.0166. The minimum absolute atomic E-state index is 0.0670. The number of nitrogens with one attached hydrogen (secondary N) is 1. The van der Waals surface area contributed by atoms with Crippen LogP contribution in [0.25, 0.3) is 11.1 Å². The second-order valence-electron chi connectivity index (χ2n) is 8.25. The molecule has 180 valence electrons. The number of pyridine rings is 1. The van der Waals surface area contributed by atoms with Gasteiger partial charge in [0.05, 0.1) is 24.7 Å². The van der Waals surface area contributed by atoms with Gasteiger partial charge in [0.2, 0.25) is 0 Å². The van der Waals surface area contributed by atoms with Crippen molar-refractivity contribution in [3.63, 3.8) is 0 Å². The SMILES string of the molecule is C#CCNc1cc(-c2cc(C#N)ccc2C(N)=NC)cc(N2Cc3c(cccc3C(C)(F)F)C2=O)n1. The molecule has 36 heavy (non-hydrogen) atoms. The normalized spacial score (nSPS) is 13.2. The Bertz CT molecular complexity index is 1480. The number of amidine groups is 1. The highest BCUT2D eigenvalue weighted by molar-refractivity contribution is 6.10. The third-order valence-corrected chi connectivity index (χ3v) is 5.88. The molecule has 1 aliphatic heterocycles. The maximum absolute atomic E-state index is 14.3. The van der Waals surface area contributed by atoms with E-state index in [0.717, 1.165) is 6.92 Å². The first-order valence-electron chi connectivity index (χ1n) is 11.0. The number of carbonyl (C=O) groups is 1. The zero-order chi connectivity index (χ0) is 26.0. The molecule has 0 saturated heterocycles. The Kier molecular flexibility index (Phi) is 6.41. The van der Waals surface area contributed by atoms with Crippen LogP contribution in [-0.4, -0.2) is 30.3 Å². The number of alkyl halides is 2. The van der Waals surface area contributed by atoms with Gasteiger partial charge in [0.25, 0.3) is 11.8 Å². The van der Waals surface area contributed by atoms with Gasteiger partial charge in [-0.2, -0.15) is 5.26 Å². The summed E-state index contributed by atoms with van der Waals surface area (Å²) in [5.74, 6) is -0.224. The fraction of sp³-hybridized carbons (Fsp3) is 0.185. The van der Waals surface area contributed by atoms with Crippen molar-refractivity contribution < 1.29 is 13.6 Å². The lowest BCUT2D eigenvalue weighted by atomic mass is 9.97. The molecule has 1 aromatic heterocycles. The van der Waals surface area contributed by atoms with E-state index in [1.165, 1.54) is 23.1 Å². The van der Waals surface area contributed by atoms with Gasteiger partial charge in [-0.25, -0.2) is 13.8 Å². The van der Waals surface area contributed by atoms with Gasteiger partial charge in [-0.3, -0.25) is 14.7 Å². The molecule has 0 fully saturated rings. The Morgan fingerprint density at radius 2 is 2.06 bits per heavy atom. The molecule has 0 unspecified atom stereocenters. The fourth-order valence-electron chi connectivity index (χ4n) is 4.17. The average Bonchev–Trinajstić information content (AvgIpc) is 3.22. The van der Waals surface area contributed by atoms with Crippen LogP contribution in [0.5, 0.6) is 0 Å². The number of nitriles is 1. The van der Waals surface area contributed by atoms with Gasteiger partial charge in [0, 0.05) is 30.7 Å². The number of nitrogens with two attached hydrogens (primary N) is 1. The van der Waals surface area contributed by atoms with Crippen LogP contribution in [-0.2, 0) is 12.5 Å². The Morgan fingerprint density at radius 1 is 1.28 bits per heavy atom. The van der Waals surface area contributed by atoms with Gasteiger partial charge in [-0.05, 0) is 53.1 Å². The van der Waals surface area contributed by atoms with Gasteiger partial charge in [-0.15, -0.1) is 6.42 Å². The summed E-state index contributed by atoms with van der Waals surface area (Å²) in [6.07, 6.45) is 5.40. The smallest absolute Gasteiger partial charge is 0.270 e. The van der Waals surface area contributed by atoms with Crippen LogP contribution in [0.2, 0.25) is 0 Å². The van der Waals surface area contributed by atoms with Crippen molar-refractivity contribution in [2.75, 3.05) is 23.8 Å². The van der Waals surface area contributed by atoms with Crippen molar-refractivity contribution in [2.24, 2.45) is 10.7 Å². The van der Waals surface area contributed by atoms with E-state index in [4.69, 9.17) is 12.2 Å². The van der Waals surface area contributed by atoms with Crippen LogP contribution in [0.15, 0.2) is 53.5 Å². The van der Waals surface area contributed by atoms with E-state index in [-0.39, 0.29) is 41.4 Å². The summed E-state index contributed by atoms with van der Waals surface area (Å²) in [7, 11) is 1.55. The third-order valence-electron chi connectivity index (χ3n) is 5.88. The molecule has 3 aromatic rings. The van der Waals surface area contributed by atoms with E-state index < -0.39 is 11.8 Å². The highest BCUT2D eigenvalue weighted by Crippen LogP contribution is 2.38. The molecular formula is C27H22F2N6O. The number of amides is 1. The highest BCUT2D eigenvalue weighted by Gasteiger charge is 2.37. The molecule has 1 aliphatic rings. The van der Waals surface area contributed by atoms with E-state index in [9.17, 15) is 18.8 Å². The molecule has 1 amide bonds. The lowest BCUT2D eigenvalue weighted by Crippen LogP contribution is -2.24. The number of fused-ring (bicyclic) bond motifs is 1.